The lowest BCUT2D eigenvalue weighted by molar-refractivity contribution is -0.145. The number of rotatable bonds is 14. The summed E-state index contributed by atoms with van der Waals surface area (Å²) in [5, 5.41) is 0. The molecule has 1 amide bonds. The number of esters is 1. The highest BCUT2D eigenvalue weighted by molar-refractivity contribution is 7.89. The van der Waals surface area contributed by atoms with Crippen LogP contribution in [0.4, 0.5) is 0 Å². The Hall–Kier alpha value is -2.66. The number of aliphatic imine (C=N–C) groups is 1. The molecule has 0 aromatic heterocycles. The van der Waals surface area contributed by atoms with Gasteiger partial charge in [-0.2, -0.15) is 4.99 Å². The molecule has 1 aromatic rings. The number of nitrogens with zero attached hydrogens (tertiary/aromatic N) is 1. The Morgan fingerprint density at radius 3 is 2.39 bits per heavy atom. The molecule has 0 aliphatic rings. The van der Waals surface area contributed by atoms with Gasteiger partial charge in [0.2, 0.25) is 15.9 Å². The number of hydrogen-bond acceptors (Lipinski definition) is 6. The smallest absolute Gasteiger partial charge is 0.324 e. The molecule has 1 aromatic carbocycles. The lowest BCUT2D eigenvalue weighted by Gasteiger charge is -2.17. The Labute approximate surface area is 183 Å². The number of carbonyl (C=O) groups is 2. The van der Waals surface area contributed by atoms with Crippen LogP contribution < -0.4 is 20.9 Å². The van der Waals surface area contributed by atoms with Crippen LogP contribution in [-0.4, -0.2) is 51.3 Å². The van der Waals surface area contributed by atoms with Gasteiger partial charge in [-0.3, -0.25) is 9.59 Å². The van der Waals surface area contributed by atoms with Crippen molar-refractivity contribution < 1.29 is 27.5 Å². The van der Waals surface area contributed by atoms with Gasteiger partial charge in [-0.05, 0) is 43.9 Å². The third-order valence-corrected chi connectivity index (χ3v) is 5.55. The first kappa shape index (κ1) is 26.4. The molecule has 1 atom stereocenters. The first-order valence-corrected chi connectivity index (χ1v) is 11.8. The lowest BCUT2D eigenvalue weighted by Crippen LogP contribution is -2.44. The number of amides is 1. The molecular weight excluding hydrogens is 424 g/mol. The minimum Gasteiger partial charge on any atom is -0.494 e. The summed E-state index contributed by atoms with van der Waals surface area (Å²) >= 11 is 0. The number of benzene rings is 1. The molecule has 1 rings (SSSR count). The van der Waals surface area contributed by atoms with Crippen molar-refractivity contribution >= 4 is 27.9 Å². The molecule has 0 aliphatic heterocycles. The van der Waals surface area contributed by atoms with Crippen LogP contribution in [-0.2, 0) is 30.8 Å². The molecule has 5 N–H and O–H groups in total. The summed E-state index contributed by atoms with van der Waals surface area (Å²) in [6, 6.07) is 5.90. The van der Waals surface area contributed by atoms with Gasteiger partial charge < -0.3 is 20.9 Å². The SMILES string of the molecule is CCCCS(=O)(=O)N[C@@H](Cc1ccc(OCCCC(=O)N=C(N)N)cc1)C(=O)OCC. The summed E-state index contributed by atoms with van der Waals surface area (Å²) in [6.45, 7) is 4.01. The predicted octanol–water partition coefficient (Wildman–Crippen LogP) is 0.839. The van der Waals surface area contributed by atoms with Crippen LogP contribution >= 0.6 is 0 Å². The fourth-order valence-corrected chi connectivity index (χ4v) is 4.00. The van der Waals surface area contributed by atoms with Crippen LogP contribution in [0.2, 0.25) is 0 Å². The molecule has 11 heteroatoms. The maximum Gasteiger partial charge on any atom is 0.324 e. The predicted molar refractivity (Wildman–Crippen MR) is 118 cm³/mol. The van der Waals surface area contributed by atoms with Crippen molar-refractivity contribution in [3.05, 3.63) is 29.8 Å². The molecule has 174 valence electrons. The number of carbonyl (C=O) groups excluding carboxylic acids is 2. The molecule has 0 saturated heterocycles. The zero-order valence-corrected chi connectivity index (χ0v) is 18.8. The van der Waals surface area contributed by atoms with Gasteiger partial charge in [0.05, 0.1) is 19.0 Å². The standard InChI is InChI=1S/C20H32N4O6S/c1-3-5-13-31(27,28)24-17(19(26)29-4-2)14-15-8-10-16(11-9-15)30-12-6-7-18(25)23-20(21)22/h8-11,17,24H,3-7,12-14H2,1-2H3,(H4,21,22,23,25)/t17-/m0/s1. The monoisotopic (exact) mass is 456 g/mol. The second-order valence-electron chi connectivity index (χ2n) is 6.83. The Morgan fingerprint density at radius 1 is 1.13 bits per heavy atom. The van der Waals surface area contributed by atoms with E-state index in [2.05, 4.69) is 9.71 Å². The van der Waals surface area contributed by atoms with Crippen LogP contribution in [0.5, 0.6) is 5.75 Å². The molecule has 31 heavy (non-hydrogen) atoms. The number of sulfonamides is 1. The van der Waals surface area contributed by atoms with E-state index in [-0.39, 0.29) is 31.2 Å². The van der Waals surface area contributed by atoms with Gasteiger partial charge in [0.15, 0.2) is 5.96 Å². The lowest BCUT2D eigenvalue weighted by atomic mass is 10.1. The van der Waals surface area contributed by atoms with Gasteiger partial charge in [0, 0.05) is 6.42 Å². The highest BCUT2D eigenvalue weighted by Gasteiger charge is 2.25. The van der Waals surface area contributed by atoms with Crippen LogP contribution in [0.3, 0.4) is 0 Å². The molecule has 0 radical (unpaired) electrons. The fraction of sp³-hybridized carbons (Fsp3) is 0.550. The number of guanidine groups is 1. The van der Waals surface area contributed by atoms with E-state index in [0.717, 1.165) is 12.0 Å². The molecule has 10 nitrogen and oxygen atoms in total. The second-order valence-corrected chi connectivity index (χ2v) is 8.70. The largest absolute Gasteiger partial charge is 0.494 e. The van der Waals surface area contributed by atoms with Crippen molar-refractivity contribution in [3.8, 4) is 5.75 Å². The average molecular weight is 457 g/mol. The van der Waals surface area contributed by atoms with Crippen molar-refractivity contribution in [1.82, 2.24) is 4.72 Å². The van der Waals surface area contributed by atoms with Crippen molar-refractivity contribution in [2.24, 2.45) is 16.5 Å². The highest BCUT2D eigenvalue weighted by Crippen LogP contribution is 2.15. The fourth-order valence-electron chi connectivity index (χ4n) is 2.60. The Kier molecular flexibility index (Phi) is 11.6. The van der Waals surface area contributed by atoms with Gasteiger partial charge in [-0.25, -0.2) is 13.1 Å². The van der Waals surface area contributed by atoms with Crippen LogP contribution in [0.1, 0.15) is 45.1 Å². The molecule has 0 heterocycles. The summed E-state index contributed by atoms with van der Waals surface area (Å²) in [5.41, 5.74) is 11.0. The zero-order valence-electron chi connectivity index (χ0n) is 18.0. The summed E-state index contributed by atoms with van der Waals surface area (Å²) < 4.78 is 37.5. The molecule has 0 fully saturated rings. The van der Waals surface area contributed by atoms with Crippen LogP contribution in [0.25, 0.3) is 0 Å². The van der Waals surface area contributed by atoms with Gasteiger partial charge in [0.25, 0.3) is 0 Å². The zero-order chi connectivity index (χ0) is 23.3. The van der Waals surface area contributed by atoms with Gasteiger partial charge in [-0.1, -0.05) is 25.5 Å². The first-order chi connectivity index (χ1) is 14.7. The number of nitrogens with two attached hydrogens (primary N) is 2. The summed E-state index contributed by atoms with van der Waals surface area (Å²) in [5.74, 6) is -0.763. The Morgan fingerprint density at radius 2 is 1.81 bits per heavy atom. The summed E-state index contributed by atoms with van der Waals surface area (Å²) in [6.07, 6.45) is 2.00. The number of ether oxygens (including phenoxy) is 2. The molecule has 0 bridgehead atoms. The normalized spacial score (nSPS) is 12.1. The molecular formula is C20H32N4O6S. The number of unbranched alkanes of at least 4 members (excludes halogenated alkanes) is 1. The molecule has 0 aliphatic carbocycles. The molecule has 0 saturated carbocycles. The molecule has 0 spiro atoms. The quantitative estimate of drug-likeness (QED) is 0.160. The van der Waals surface area contributed by atoms with Crippen molar-refractivity contribution in [3.63, 3.8) is 0 Å². The average Bonchev–Trinajstić information content (AvgIpc) is 2.70. The van der Waals surface area contributed by atoms with Crippen molar-refractivity contribution in [2.45, 2.75) is 52.0 Å². The van der Waals surface area contributed by atoms with E-state index in [4.69, 9.17) is 20.9 Å². The highest BCUT2D eigenvalue weighted by atomic mass is 32.2. The van der Waals surface area contributed by atoms with E-state index < -0.39 is 27.9 Å². The molecule has 0 unspecified atom stereocenters. The topological polar surface area (TPSA) is 163 Å². The van der Waals surface area contributed by atoms with E-state index in [1.807, 2.05) is 6.92 Å². The van der Waals surface area contributed by atoms with Gasteiger partial charge >= 0.3 is 5.97 Å². The van der Waals surface area contributed by atoms with Crippen LogP contribution in [0, 0.1) is 0 Å². The summed E-state index contributed by atoms with van der Waals surface area (Å²) in [4.78, 5) is 27.0. The van der Waals surface area contributed by atoms with Crippen LogP contribution in [0.15, 0.2) is 29.3 Å². The number of nitrogens with one attached hydrogen (secondary N) is 1. The number of hydrogen-bond donors (Lipinski definition) is 3. The van der Waals surface area contributed by atoms with E-state index in [1.54, 1.807) is 31.2 Å². The second kappa shape index (κ2) is 13.6. The van der Waals surface area contributed by atoms with E-state index in [1.165, 1.54) is 0 Å². The van der Waals surface area contributed by atoms with E-state index in [9.17, 15) is 18.0 Å². The van der Waals surface area contributed by atoms with E-state index >= 15 is 0 Å². The maximum atomic E-state index is 12.2. The van der Waals surface area contributed by atoms with Gasteiger partial charge in [0.1, 0.15) is 11.8 Å². The Balaban J connectivity index is 2.65. The third kappa shape index (κ3) is 11.3. The minimum absolute atomic E-state index is 0.0438. The summed E-state index contributed by atoms with van der Waals surface area (Å²) in [7, 11) is -3.59. The van der Waals surface area contributed by atoms with E-state index in [0.29, 0.717) is 25.2 Å². The minimum atomic E-state index is -3.59. The van der Waals surface area contributed by atoms with Crippen molar-refractivity contribution in [2.75, 3.05) is 19.0 Å². The Bertz CT molecular complexity index is 836. The maximum absolute atomic E-state index is 12.2. The van der Waals surface area contributed by atoms with Crippen molar-refractivity contribution in [1.29, 1.82) is 0 Å². The third-order valence-electron chi connectivity index (χ3n) is 4.08. The first-order valence-electron chi connectivity index (χ1n) is 10.2. The van der Waals surface area contributed by atoms with Gasteiger partial charge in [-0.15, -0.1) is 0 Å².